The number of fused-ring (bicyclic) bond motifs is 1. The van der Waals surface area contributed by atoms with Crippen molar-refractivity contribution in [1.29, 1.82) is 0 Å². The predicted molar refractivity (Wildman–Crippen MR) is 79.1 cm³/mol. The molecular weight excluding hydrogens is 281 g/mol. The van der Waals surface area contributed by atoms with Gasteiger partial charge in [0.15, 0.2) is 0 Å². The molecule has 0 atom stereocenters. The summed E-state index contributed by atoms with van der Waals surface area (Å²) in [6.07, 6.45) is 0. The number of aromatic nitrogens is 1. The molecule has 0 saturated carbocycles. The lowest BCUT2D eigenvalue weighted by atomic mass is 10.2. The molecule has 0 unspecified atom stereocenters. The second-order valence-corrected chi connectivity index (χ2v) is 5.14. The van der Waals surface area contributed by atoms with E-state index in [0.717, 1.165) is 27.4 Å². The number of ether oxygens (including phenoxy) is 1. The number of benzene rings is 2. The highest BCUT2D eigenvalue weighted by atomic mass is 35.5. The summed E-state index contributed by atoms with van der Waals surface area (Å²) < 4.78 is 5.68. The van der Waals surface area contributed by atoms with Crippen molar-refractivity contribution in [3.8, 4) is 5.75 Å². The Morgan fingerprint density at radius 1 is 0.895 bits per heavy atom. The maximum Gasteiger partial charge on any atom is 0.128 e. The first kappa shape index (κ1) is 12.4. The molecule has 1 aromatic heterocycles. The zero-order chi connectivity index (χ0) is 13.2. The van der Waals surface area contributed by atoms with Crippen molar-refractivity contribution in [2.24, 2.45) is 0 Å². The Morgan fingerprint density at radius 3 is 2.42 bits per heavy atom. The number of hydrogen-bond acceptors (Lipinski definition) is 1. The molecule has 0 spiro atoms. The maximum absolute atomic E-state index is 5.95. The zero-order valence-electron chi connectivity index (χ0n) is 9.99. The van der Waals surface area contributed by atoms with Gasteiger partial charge in [-0.2, -0.15) is 0 Å². The van der Waals surface area contributed by atoms with Crippen molar-refractivity contribution in [2.45, 2.75) is 6.61 Å². The van der Waals surface area contributed by atoms with Crippen molar-refractivity contribution >= 4 is 34.1 Å². The SMILES string of the molecule is Clc1ccc(OCc2cc3ccc(Cl)cc3[nH]2)cc1. The van der Waals surface area contributed by atoms with Gasteiger partial charge in [0.25, 0.3) is 0 Å². The molecule has 0 saturated heterocycles. The lowest BCUT2D eigenvalue weighted by Gasteiger charge is -2.04. The Labute approximate surface area is 120 Å². The largest absolute Gasteiger partial charge is 0.487 e. The van der Waals surface area contributed by atoms with Crippen LogP contribution in [0, 0.1) is 0 Å². The number of hydrogen-bond donors (Lipinski definition) is 1. The predicted octanol–water partition coefficient (Wildman–Crippen LogP) is 5.05. The molecule has 19 heavy (non-hydrogen) atoms. The highest BCUT2D eigenvalue weighted by molar-refractivity contribution is 6.31. The number of aromatic amines is 1. The summed E-state index contributed by atoms with van der Waals surface area (Å²) >= 11 is 11.8. The molecule has 1 N–H and O–H groups in total. The van der Waals surface area contributed by atoms with Crippen LogP contribution in [0.3, 0.4) is 0 Å². The minimum Gasteiger partial charge on any atom is -0.487 e. The molecule has 0 radical (unpaired) electrons. The molecule has 3 rings (SSSR count). The molecule has 0 amide bonds. The zero-order valence-corrected chi connectivity index (χ0v) is 11.5. The summed E-state index contributed by atoms with van der Waals surface area (Å²) in [4.78, 5) is 3.28. The van der Waals surface area contributed by atoms with E-state index in [0.29, 0.717) is 11.6 Å². The van der Waals surface area contributed by atoms with Gasteiger partial charge in [-0.25, -0.2) is 0 Å². The van der Waals surface area contributed by atoms with E-state index in [4.69, 9.17) is 27.9 Å². The van der Waals surface area contributed by atoms with Crippen LogP contribution in [0.5, 0.6) is 5.75 Å². The van der Waals surface area contributed by atoms with Crippen LogP contribution in [0.4, 0.5) is 0 Å². The summed E-state index contributed by atoms with van der Waals surface area (Å²) in [5.41, 5.74) is 2.02. The summed E-state index contributed by atoms with van der Waals surface area (Å²) in [7, 11) is 0. The summed E-state index contributed by atoms with van der Waals surface area (Å²) in [5, 5.41) is 2.55. The van der Waals surface area contributed by atoms with Crippen LogP contribution in [0.15, 0.2) is 48.5 Å². The van der Waals surface area contributed by atoms with E-state index in [1.807, 2.05) is 42.5 Å². The van der Waals surface area contributed by atoms with Crippen molar-refractivity contribution in [2.75, 3.05) is 0 Å². The lowest BCUT2D eigenvalue weighted by Crippen LogP contribution is -1.94. The highest BCUT2D eigenvalue weighted by Crippen LogP contribution is 2.21. The van der Waals surface area contributed by atoms with Gasteiger partial charge in [-0.15, -0.1) is 0 Å². The van der Waals surface area contributed by atoms with Crippen LogP contribution in [0.2, 0.25) is 10.0 Å². The molecule has 96 valence electrons. The Morgan fingerprint density at radius 2 is 1.63 bits per heavy atom. The minimum atomic E-state index is 0.480. The van der Waals surface area contributed by atoms with Crippen molar-refractivity contribution in [1.82, 2.24) is 4.98 Å². The second-order valence-electron chi connectivity index (χ2n) is 4.27. The molecule has 0 bridgehead atoms. The van der Waals surface area contributed by atoms with E-state index >= 15 is 0 Å². The number of H-pyrrole nitrogens is 1. The smallest absolute Gasteiger partial charge is 0.128 e. The average Bonchev–Trinajstić information content (AvgIpc) is 2.80. The van der Waals surface area contributed by atoms with Crippen molar-refractivity contribution in [3.63, 3.8) is 0 Å². The van der Waals surface area contributed by atoms with E-state index < -0.39 is 0 Å². The third-order valence-corrected chi connectivity index (χ3v) is 3.34. The number of rotatable bonds is 3. The van der Waals surface area contributed by atoms with Crippen LogP contribution in [0.25, 0.3) is 10.9 Å². The van der Waals surface area contributed by atoms with Gasteiger partial charge < -0.3 is 9.72 Å². The quantitative estimate of drug-likeness (QED) is 0.717. The first-order valence-electron chi connectivity index (χ1n) is 5.86. The van der Waals surface area contributed by atoms with Crippen LogP contribution >= 0.6 is 23.2 Å². The molecule has 2 aromatic carbocycles. The van der Waals surface area contributed by atoms with Gasteiger partial charge in [0, 0.05) is 15.6 Å². The average molecular weight is 292 g/mol. The van der Waals surface area contributed by atoms with E-state index in [9.17, 15) is 0 Å². The molecule has 4 heteroatoms. The van der Waals surface area contributed by atoms with Crippen LogP contribution < -0.4 is 4.74 Å². The topological polar surface area (TPSA) is 25.0 Å². The van der Waals surface area contributed by atoms with E-state index in [1.165, 1.54) is 0 Å². The number of nitrogens with one attached hydrogen (secondary N) is 1. The molecular formula is C15H11Cl2NO. The van der Waals surface area contributed by atoms with Crippen LogP contribution in [0.1, 0.15) is 5.69 Å². The van der Waals surface area contributed by atoms with Crippen LogP contribution in [-0.2, 0) is 6.61 Å². The number of halogens is 2. The van der Waals surface area contributed by atoms with Crippen LogP contribution in [-0.4, -0.2) is 4.98 Å². The van der Waals surface area contributed by atoms with Gasteiger partial charge in [0.05, 0.1) is 5.69 Å². The molecule has 1 heterocycles. The van der Waals surface area contributed by atoms with Gasteiger partial charge in [-0.05, 0) is 47.9 Å². The minimum absolute atomic E-state index is 0.480. The van der Waals surface area contributed by atoms with Gasteiger partial charge in [-0.1, -0.05) is 29.3 Å². The van der Waals surface area contributed by atoms with E-state index in [-0.39, 0.29) is 0 Å². The third kappa shape index (κ3) is 2.86. The van der Waals surface area contributed by atoms with Crippen molar-refractivity contribution in [3.05, 3.63) is 64.3 Å². The Hall–Kier alpha value is -1.64. The highest BCUT2D eigenvalue weighted by Gasteiger charge is 2.02. The summed E-state index contributed by atoms with van der Waals surface area (Å²) in [6, 6.07) is 15.1. The standard InChI is InChI=1S/C15H11Cl2NO/c16-11-3-5-14(6-4-11)19-9-13-7-10-1-2-12(17)8-15(10)18-13/h1-8,18H,9H2. The Bertz CT molecular complexity index is 704. The molecule has 2 nitrogen and oxygen atoms in total. The third-order valence-electron chi connectivity index (χ3n) is 2.85. The van der Waals surface area contributed by atoms with Crippen molar-refractivity contribution < 1.29 is 4.74 Å². The first-order valence-corrected chi connectivity index (χ1v) is 6.62. The van der Waals surface area contributed by atoms with Gasteiger partial charge in [0.1, 0.15) is 12.4 Å². The Kier molecular flexibility index (Phi) is 3.36. The molecule has 0 aliphatic rings. The second kappa shape index (κ2) is 5.16. The van der Waals surface area contributed by atoms with Gasteiger partial charge in [-0.3, -0.25) is 0 Å². The molecule has 0 fully saturated rings. The van der Waals surface area contributed by atoms with Gasteiger partial charge in [0.2, 0.25) is 0 Å². The maximum atomic E-state index is 5.95. The fraction of sp³-hybridized carbons (Fsp3) is 0.0667. The van der Waals surface area contributed by atoms with Gasteiger partial charge >= 0.3 is 0 Å². The molecule has 0 aliphatic heterocycles. The Balaban J connectivity index is 1.76. The fourth-order valence-corrected chi connectivity index (χ4v) is 2.23. The normalized spacial score (nSPS) is 10.8. The summed E-state index contributed by atoms with van der Waals surface area (Å²) in [5.74, 6) is 0.793. The monoisotopic (exact) mass is 291 g/mol. The lowest BCUT2D eigenvalue weighted by molar-refractivity contribution is 0.302. The summed E-state index contributed by atoms with van der Waals surface area (Å²) in [6.45, 7) is 0.480. The molecule has 0 aliphatic carbocycles. The fourth-order valence-electron chi connectivity index (χ4n) is 1.93. The van der Waals surface area contributed by atoms with E-state index in [2.05, 4.69) is 11.1 Å². The molecule has 3 aromatic rings. The van der Waals surface area contributed by atoms with E-state index in [1.54, 1.807) is 0 Å². The first-order chi connectivity index (χ1) is 9.20.